The molecular formula is C12H19N3O. The molecule has 2 rings (SSSR count). The molecule has 0 saturated heterocycles. The van der Waals surface area contributed by atoms with Crippen LogP contribution in [0.1, 0.15) is 32.6 Å². The first-order valence-electron chi connectivity index (χ1n) is 6.07. The van der Waals surface area contributed by atoms with E-state index in [-0.39, 0.29) is 0 Å². The molecule has 0 bridgehead atoms. The van der Waals surface area contributed by atoms with Crippen LogP contribution in [0.15, 0.2) is 12.4 Å². The second-order valence-corrected chi connectivity index (χ2v) is 4.21. The maximum atomic E-state index is 5.59. The molecule has 16 heavy (non-hydrogen) atoms. The fraction of sp³-hybridized carbons (Fsp3) is 0.667. The van der Waals surface area contributed by atoms with Gasteiger partial charge in [0.1, 0.15) is 5.82 Å². The molecule has 0 unspecified atom stereocenters. The second-order valence-electron chi connectivity index (χ2n) is 4.21. The second kappa shape index (κ2) is 5.68. The molecule has 4 heteroatoms. The van der Waals surface area contributed by atoms with Crippen LogP contribution < -0.4 is 10.1 Å². The molecule has 4 nitrogen and oxygen atoms in total. The average Bonchev–Trinajstić information content (AvgIpc) is 2.23. The van der Waals surface area contributed by atoms with Crippen LogP contribution >= 0.6 is 0 Å². The molecule has 1 fully saturated rings. The van der Waals surface area contributed by atoms with Crippen LogP contribution in [0.3, 0.4) is 0 Å². The number of nitrogens with zero attached hydrogens (tertiary/aromatic N) is 2. The molecule has 1 N–H and O–H groups in total. The van der Waals surface area contributed by atoms with E-state index in [9.17, 15) is 0 Å². The summed E-state index contributed by atoms with van der Waals surface area (Å²) in [6, 6.07) is 0. The van der Waals surface area contributed by atoms with Gasteiger partial charge in [0.2, 0.25) is 5.88 Å². The van der Waals surface area contributed by atoms with Crippen LogP contribution in [0, 0.1) is 5.92 Å². The van der Waals surface area contributed by atoms with Crippen molar-refractivity contribution in [3.8, 4) is 5.88 Å². The Morgan fingerprint density at radius 3 is 3.00 bits per heavy atom. The smallest absolute Gasteiger partial charge is 0.234 e. The topological polar surface area (TPSA) is 47.0 Å². The Labute approximate surface area is 96.4 Å². The Morgan fingerprint density at radius 2 is 2.31 bits per heavy atom. The van der Waals surface area contributed by atoms with E-state index in [0.717, 1.165) is 31.3 Å². The monoisotopic (exact) mass is 221 g/mol. The third-order valence-electron chi connectivity index (χ3n) is 2.97. The molecule has 0 aromatic carbocycles. The van der Waals surface area contributed by atoms with Crippen LogP contribution in [0.5, 0.6) is 5.88 Å². The highest BCUT2D eigenvalue weighted by atomic mass is 16.5. The van der Waals surface area contributed by atoms with E-state index in [1.165, 1.54) is 19.3 Å². The fourth-order valence-corrected chi connectivity index (χ4v) is 1.80. The zero-order valence-corrected chi connectivity index (χ0v) is 9.78. The minimum atomic E-state index is 0.623. The maximum absolute atomic E-state index is 5.59. The molecule has 0 amide bonds. The number of nitrogens with one attached hydrogen (secondary N) is 1. The van der Waals surface area contributed by atoms with Crippen molar-refractivity contribution in [3.63, 3.8) is 0 Å². The van der Waals surface area contributed by atoms with E-state index in [4.69, 9.17) is 4.74 Å². The molecule has 1 heterocycles. The van der Waals surface area contributed by atoms with E-state index < -0.39 is 0 Å². The quantitative estimate of drug-likeness (QED) is 0.801. The lowest BCUT2D eigenvalue weighted by atomic mass is 9.83. The minimum Gasteiger partial charge on any atom is -0.477 e. The van der Waals surface area contributed by atoms with Gasteiger partial charge in [-0.15, -0.1) is 0 Å². The number of ether oxygens (including phenoxy) is 1. The Bertz CT molecular complexity index is 326. The predicted molar refractivity (Wildman–Crippen MR) is 63.6 cm³/mol. The highest BCUT2D eigenvalue weighted by molar-refractivity contribution is 5.32. The summed E-state index contributed by atoms with van der Waals surface area (Å²) in [7, 11) is 0. The average molecular weight is 221 g/mol. The summed E-state index contributed by atoms with van der Waals surface area (Å²) < 4.78 is 5.59. The summed E-state index contributed by atoms with van der Waals surface area (Å²) in [5.41, 5.74) is 0. The fourth-order valence-electron chi connectivity index (χ4n) is 1.80. The van der Waals surface area contributed by atoms with Crippen LogP contribution in [0.2, 0.25) is 0 Å². The molecule has 0 spiro atoms. The summed E-state index contributed by atoms with van der Waals surface area (Å²) in [6.45, 7) is 3.64. The van der Waals surface area contributed by atoms with Crippen molar-refractivity contribution in [1.29, 1.82) is 0 Å². The number of anilines is 1. The Morgan fingerprint density at radius 1 is 1.44 bits per heavy atom. The van der Waals surface area contributed by atoms with Gasteiger partial charge in [-0.3, -0.25) is 4.98 Å². The van der Waals surface area contributed by atoms with Gasteiger partial charge in [-0.25, -0.2) is 0 Å². The van der Waals surface area contributed by atoms with Crippen molar-refractivity contribution in [3.05, 3.63) is 12.4 Å². The Kier molecular flexibility index (Phi) is 3.97. The van der Waals surface area contributed by atoms with Crippen molar-refractivity contribution < 1.29 is 4.74 Å². The first-order chi connectivity index (χ1) is 7.88. The molecule has 88 valence electrons. The molecule has 1 aliphatic carbocycles. The van der Waals surface area contributed by atoms with Gasteiger partial charge < -0.3 is 10.1 Å². The lowest BCUT2D eigenvalue weighted by Gasteiger charge is -2.24. The van der Waals surface area contributed by atoms with Gasteiger partial charge in [0, 0.05) is 6.54 Å². The number of aromatic nitrogens is 2. The third kappa shape index (κ3) is 3.08. The van der Waals surface area contributed by atoms with Gasteiger partial charge in [-0.2, -0.15) is 4.98 Å². The van der Waals surface area contributed by atoms with Crippen molar-refractivity contribution >= 4 is 5.82 Å². The SMILES string of the molecule is CCNc1cncc(OCCC2CCC2)n1. The van der Waals surface area contributed by atoms with Gasteiger partial charge in [0.15, 0.2) is 0 Å². The van der Waals surface area contributed by atoms with Crippen LogP contribution in [0.25, 0.3) is 0 Å². The largest absolute Gasteiger partial charge is 0.477 e. The maximum Gasteiger partial charge on any atom is 0.234 e. The summed E-state index contributed by atoms with van der Waals surface area (Å²) in [5.74, 6) is 2.28. The highest BCUT2D eigenvalue weighted by Gasteiger charge is 2.16. The van der Waals surface area contributed by atoms with Gasteiger partial charge in [0.25, 0.3) is 0 Å². The van der Waals surface area contributed by atoms with Gasteiger partial charge in [0.05, 0.1) is 19.0 Å². The van der Waals surface area contributed by atoms with E-state index in [1.54, 1.807) is 12.4 Å². The first kappa shape index (κ1) is 11.2. The number of hydrogen-bond acceptors (Lipinski definition) is 4. The van der Waals surface area contributed by atoms with Crippen molar-refractivity contribution in [1.82, 2.24) is 9.97 Å². The van der Waals surface area contributed by atoms with Gasteiger partial charge in [-0.05, 0) is 19.3 Å². The van der Waals surface area contributed by atoms with Crippen molar-refractivity contribution in [2.45, 2.75) is 32.6 Å². The number of rotatable bonds is 6. The Balaban J connectivity index is 1.76. The third-order valence-corrected chi connectivity index (χ3v) is 2.97. The van der Waals surface area contributed by atoms with E-state index >= 15 is 0 Å². The molecule has 1 saturated carbocycles. The lowest BCUT2D eigenvalue weighted by Crippen LogP contribution is -2.14. The van der Waals surface area contributed by atoms with Gasteiger partial charge >= 0.3 is 0 Å². The van der Waals surface area contributed by atoms with Crippen LogP contribution in [0.4, 0.5) is 5.82 Å². The zero-order chi connectivity index (χ0) is 11.2. The van der Waals surface area contributed by atoms with Crippen molar-refractivity contribution in [2.75, 3.05) is 18.5 Å². The number of hydrogen-bond donors (Lipinski definition) is 1. The van der Waals surface area contributed by atoms with Crippen molar-refractivity contribution in [2.24, 2.45) is 5.92 Å². The summed E-state index contributed by atoms with van der Waals surface area (Å²) in [5, 5.41) is 3.12. The van der Waals surface area contributed by atoms with Crippen LogP contribution in [-0.4, -0.2) is 23.1 Å². The minimum absolute atomic E-state index is 0.623. The molecule has 0 atom stereocenters. The lowest BCUT2D eigenvalue weighted by molar-refractivity contribution is 0.217. The first-order valence-corrected chi connectivity index (χ1v) is 6.07. The van der Waals surface area contributed by atoms with Gasteiger partial charge in [-0.1, -0.05) is 19.3 Å². The van der Waals surface area contributed by atoms with E-state index in [0.29, 0.717) is 5.88 Å². The van der Waals surface area contributed by atoms with E-state index in [2.05, 4.69) is 15.3 Å². The summed E-state index contributed by atoms with van der Waals surface area (Å²) in [4.78, 5) is 8.39. The molecule has 0 radical (unpaired) electrons. The predicted octanol–water partition coefficient (Wildman–Crippen LogP) is 2.48. The molecule has 1 aliphatic rings. The van der Waals surface area contributed by atoms with Crippen LogP contribution in [-0.2, 0) is 0 Å². The standard InChI is InChI=1S/C12H19N3O/c1-2-14-11-8-13-9-12(15-11)16-7-6-10-4-3-5-10/h8-10H,2-7H2,1H3,(H,14,15). The Hall–Kier alpha value is -1.32. The highest BCUT2D eigenvalue weighted by Crippen LogP contribution is 2.29. The molecule has 0 aliphatic heterocycles. The summed E-state index contributed by atoms with van der Waals surface area (Å²) >= 11 is 0. The molecular weight excluding hydrogens is 202 g/mol. The zero-order valence-electron chi connectivity index (χ0n) is 9.78. The molecule has 1 aromatic rings. The summed E-state index contributed by atoms with van der Waals surface area (Å²) in [6.07, 6.45) is 8.65. The molecule has 1 aromatic heterocycles. The van der Waals surface area contributed by atoms with E-state index in [1.807, 2.05) is 6.92 Å². The normalized spacial score (nSPS) is 15.6.